The summed E-state index contributed by atoms with van der Waals surface area (Å²) in [4.78, 5) is 13.0. The number of hydrogen-bond acceptors (Lipinski definition) is 8. The topological polar surface area (TPSA) is 129 Å². The molecule has 0 radical (unpaired) electrons. The van der Waals surface area contributed by atoms with Crippen LogP contribution in [-0.2, 0) is 0 Å². The van der Waals surface area contributed by atoms with Crippen LogP contribution >= 0.6 is 0 Å². The number of rotatable bonds is 4. The van der Waals surface area contributed by atoms with Gasteiger partial charge < -0.3 is 10.2 Å². The SMILES string of the molecule is O=C1C([C@H]2C[C@@H](c3ccccc3)[C@@H](c3cccc(N(O)O)c3[O-])N=N2)=C(O)c2ccccc21. The van der Waals surface area contributed by atoms with E-state index in [1.165, 1.54) is 6.07 Å². The van der Waals surface area contributed by atoms with E-state index in [4.69, 9.17) is 0 Å². The molecule has 0 bridgehead atoms. The summed E-state index contributed by atoms with van der Waals surface area (Å²) < 4.78 is 0. The summed E-state index contributed by atoms with van der Waals surface area (Å²) in [7, 11) is 0. The number of carbonyl (C=O) groups excluding carboxylic acids is 1. The van der Waals surface area contributed by atoms with Gasteiger partial charge in [0.25, 0.3) is 0 Å². The molecular weight excluding hydrogens is 422 g/mol. The van der Waals surface area contributed by atoms with Crippen LogP contribution in [0.3, 0.4) is 0 Å². The number of aliphatic hydroxyl groups excluding tert-OH is 1. The predicted octanol–water partition coefficient (Wildman–Crippen LogP) is 4.56. The minimum absolute atomic E-state index is 0.0903. The van der Waals surface area contributed by atoms with Gasteiger partial charge in [-0.25, -0.2) is 0 Å². The molecule has 0 aromatic heterocycles. The molecule has 0 amide bonds. The Bertz CT molecular complexity index is 1290. The number of nitrogens with zero attached hydrogens (tertiary/aromatic N) is 3. The summed E-state index contributed by atoms with van der Waals surface area (Å²) in [6.07, 6.45) is 0.336. The van der Waals surface area contributed by atoms with Crippen molar-refractivity contribution in [1.82, 2.24) is 0 Å². The number of benzene rings is 3. The number of carbonyl (C=O) groups is 1. The molecule has 1 aliphatic heterocycles. The Kier molecular flexibility index (Phi) is 5.16. The van der Waals surface area contributed by atoms with Crippen molar-refractivity contribution in [3.05, 3.63) is 101 Å². The van der Waals surface area contributed by atoms with Gasteiger partial charge in [0.15, 0.2) is 5.78 Å². The first kappa shape index (κ1) is 20.9. The smallest absolute Gasteiger partial charge is 0.195 e. The average molecular weight is 442 g/mol. The molecule has 0 saturated carbocycles. The van der Waals surface area contributed by atoms with Gasteiger partial charge in [-0.15, -0.1) is 5.23 Å². The van der Waals surface area contributed by atoms with Gasteiger partial charge in [-0.2, -0.15) is 10.2 Å². The second kappa shape index (κ2) is 8.16. The quantitative estimate of drug-likeness (QED) is 0.508. The van der Waals surface area contributed by atoms with Crippen LogP contribution in [0.1, 0.15) is 45.4 Å². The van der Waals surface area contributed by atoms with Crippen molar-refractivity contribution in [2.75, 3.05) is 5.23 Å². The van der Waals surface area contributed by atoms with Crippen LogP contribution < -0.4 is 10.3 Å². The number of hydrogen-bond donors (Lipinski definition) is 3. The molecule has 3 aromatic carbocycles. The third-order valence-corrected chi connectivity index (χ3v) is 6.24. The van der Waals surface area contributed by atoms with Crippen LogP contribution in [-0.4, -0.2) is 27.3 Å². The lowest BCUT2D eigenvalue weighted by atomic mass is 9.80. The van der Waals surface area contributed by atoms with Gasteiger partial charge in [-0.3, -0.25) is 15.2 Å². The fourth-order valence-corrected chi connectivity index (χ4v) is 4.65. The summed E-state index contributed by atoms with van der Waals surface area (Å²) in [6.45, 7) is 0. The highest BCUT2D eigenvalue weighted by atomic mass is 16.8. The van der Waals surface area contributed by atoms with Gasteiger partial charge in [0, 0.05) is 17.0 Å². The highest BCUT2D eigenvalue weighted by molar-refractivity contribution is 6.20. The fraction of sp³-hybridized carbons (Fsp3) is 0.160. The molecule has 5 rings (SSSR count). The number of para-hydroxylation sites is 1. The Balaban J connectivity index is 1.59. The van der Waals surface area contributed by atoms with Crippen molar-refractivity contribution >= 4 is 17.2 Å². The third-order valence-electron chi connectivity index (χ3n) is 6.24. The standard InChI is InChI=1S/C25H21N3O5/c29-23-17(11-6-12-20(23)28(32)33)22-18(14-7-2-1-3-8-14)13-19(26-27-22)21-24(30)15-9-4-5-10-16(15)25(21)31/h1-12,18-19,22,29-30,32-33H,13H2/p-1/t18-,19+,22+/m0/s1. The van der Waals surface area contributed by atoms with Gasteiger partial charge in [-0.05, 0) is 23.6 Å². The van der Waals surface area contributed by atoms with Crippen molar-refractivity contribution in [1.29, 1.82) is 0 Å². The van der Waals surface area contributed by atoms with E-state index >= 15 is 0 Å². The molecule has 3 N–H and O–H groups in total. The molecule has 0 unspecified atom stereocenters. The lowest BCUT2D eigenvalue weighted by Crippen LogP contribution is -2.25. The molecular formula is C25H20N3O5-. The number of Topliss-reactive ketones (excluding diaryl/α,β-unsaturated/α-hetero) is 1. The van der Waals surface area contributed by atoms with Crippen molar-refractivity contribution in [3.63, 3.8) is 0 Å². The Labute approximate surface area is 189 Å². The number of anilines is 1. The van der Waals surface area contributed by atoms with Crippen LogP contribution in [0.15, 0.2) is 88.6 Å². The number of aliphatic hydroxyl groups is 1. The van der Waals surface area contributed by atoms with Gasteiger partial charge in [0.05, 0.1) is 11.3 Å². The maximum atomic E-state index is 13.0. The minimum atomic E-state index is -0.697. The van der Waals surface area contributed by atoms with Crippen molar-refractivity contribution in [2.45, 2.75) is 24.4 Å². The summed E-state index contributed by atoms with van der Waals surface area (Å²) >= 11 is 0. The lowest BCUT2D eigenvalue weighted by Gasteiger charge is -2.33. The zero-order chi connectivity index (χ0) is 23.1. The third kappa shape index (κ3) is 3.45. The highest BCUT2D eigenvalue weighted by Gasteiger charge is 2.40. The van der Waals surface area contributed by atoms with Crippen LogP contribution in [0.5, 0.6) is 5.75 Å². The summed E-state index contributed by atoms with van der Waals surface area (Å²) in [6, 6.07) is 19.3. The number of fused-ring (bicyclic) bond motifs is 1. The maximum Gasteiger partial charge on any atom is 0.195 e. The van der Waals surface area contributed by atoms with E-state index < -0.39 is 17.8 Å². The monoisotopic (exact) mass is 442 g/mol. The van der Waals surface area contributed by atoms with E-state index in [0.29, 0.717) is 17.5 Å². The van der Waals surface area contributed by atoms with Crippen molar-refractivity contribution in [2.24, 2.45) is 10.2 Å². The lowest BCUT2D eigenvalue weighted by molar-refractivity contribution is -0.270. The summed E-state index contributed by atoms with van der Waals surface area (Å²) in [5.41, 5.74) is 1.97. The largest absolute Gasteiger partial charge is 0.871 e. The van der Waals surface area contributed by atoms with E-state index in [1.54, 1.807) is 36.4 Å². The molecule has 1 aliphatic carbocycles. The van der Waals surface area contributed by atoms with Crippen molar-refractivity contribution < 1.29 is 25.4 Å². The molecule has 0 fully saturated rings. The molecule has 166 valence electrons. The number of azo groups is 1. The van der Waals surface area contributed by atoms with Crippen molar-refractivity contribution in [3.8, 4) is 5.75 Å². The van der Waals surface area contributed by atoms with E-state index in [1.807, 2.05) is 30.3 Å². The first-order valence-corrected chi connectivity index (χ1v) is 10.5. The maximum absolute atomic E-state index is 13.0. The Hall–Kier alpha value is -4.01. The molecule has 8 nitrogen and oxygen atoms in total. The van der Waals surface area contributed by atoms with Crippen LogP contribution in [0.2, 0.25) is 0 Å². The molecule has 2 aliphatic rings. The second-order valence-corrected chi connectivity index (χ2v) is 8.07. The first-order chi connectivity index (χ1) is 16.0. The van der Waals surface area contributed by atoms with Gasteiger partial charge in [0.2, 0.25) is 0 Å². The highest BCUT2D eigenvalue weighted by Crippen LogP contribution is 2.48. The van der Waals surface area contributed by atoms with Gasteiger partial charge >= 0.3 is 0 Å². The predicted molar refractivity (Wildman–Crippen MR) is 117 cm³/mol. The number of ketones is 1. The fourth-order valence-electron chi connectivity index (χ4n) is 4.65. The Morgan fingerprint density at radius 3 is 2.27 bits per heavy atom. The first-order valence-electron chi connectivity index (χ1n) is 10.5. The Morgan fingerprint density at radius 1 is 0.879 bits per heavy atom. The molecule has 0 saturated heterocycles. The zero-order valence-electron chi connectivity index (χ0n) is 17.4. The minimum Gasteiger partial charge on any atom is -0.871 e. The normalized spacial score (nSPS) is 21.9. The summed E-state index contributed by atoms with van der Waals surface area (Å²) in [5, 5.41) is 51.1. The van der Waals surface area contributed by atoms with E-state index in [-0.39, 0.29) is 39.5 Å². The Morgan fingerprint density at radius 2 is 1.58 bits per heavy atom. The van der Waals surface area contributed by atoms with E-state index in [0.717, 1.165) is 5.56 Å². The van der Waals surface area contributed by atoms with E-state index in [2.05, 4.69) is 10.2 Å². The van der Waals surface area contributed by atoms with Gasteiger partial charge in [-0.1, -0.05) is 72.5 Å². The van der Waals surface area contributed by atoms with Crippen LogP contribution in [0, 0.1) is 0 Å². The van der Waals surface area contributed by atoms with Crippen LogP contribution in [0.4, 0.5) is 5.69 Å². The zero-order valence-corrected chi connectivity index (χ0v) is 17.4. The van der Waals surface area contributed by atoms with Gasteiger partial charge in [0.1, 0.15) is 17.8 Å². The average Bonchev–Trinajstić information content (AvgIpc) is 3.09. The molecule has 33 heavy (non-hydrogen) atoms. The molecule has 1 heterocycles. The molecule has 0 spiro atoms. The summed E-state index contributed by atoms with van der Waals surface area (Å²) in [5.74, 6) is -1.27. The second-order valence-electron chi connectivity index (χ2n) is 8.07. The molecule has 8 heteroatoms. The van der Waals surface area contributed by atoms with Crippen LogP contribution in [0.25, 0.3) is 5.76 Å². The molecule has 3 atom stereocenters. The molecule has 3 aromatic rings. The van der Waals surface area contributed by atoms with E-state index in [9.17, 15) is 25.4 Å².